The Kier molecular flexibility index (Phi) is 13.1. The smallest absolute Gasteiger partial charge is 0.183 e. The van der Waals surface area contributed by atoms with E-state index in [0.29, 0.717) is 0 Å². The fourth-order valence-electron chi connectivity index (χ4n) is 3.42. The van der Waals surface area contributed by atoms with Gasteiger partial charge in [-0.1, -0.05) is 71.1 Å². The lowest BCUT2D eigenvalue weighted by atomic mass is 10.0. The molecule has 2 unspecified atom stereocenters. The molecule has 0 bridgehead atoms. The Morgan fingerprint density at radius 3 is 1.85 bits per heavy atom. The molecule has 154 valence electrons. The van der Waals surface area contributed by atoms with Crippen molar-refractivity contribution in [2.45, 2.75) is 127 Å². The maximum atomic E-state index is 6.43. The summed E-state index contributed by atoms with van der Waals surface area (Å²) in [5.74, 6) is 0.970. The lowest BCUT2D eigenvalue weighted by Gasteiger charge is -2.15. The van der Waals surface area contributed by atoms with E-state index in [1.165, 1.54) is 70.6 Å². The quantitative estimate of drug-likeness (QED) is 0.189. The summed E-state index contributed by atoms with van der Waals surface area (Å²) < 4.78 is 5.63. The van der Waals surface area contributed by atoms with Crippen molar-refractivity contribution in [3.8, 4) is 0 Å². The molecule has 1 rings (SSSR count). The SMILES string of the molecule is CCCCCC(Cl)C(Cl)CCCCCCCCCCC1=NC(C)(C)CO1. The zero-order valence-electron chi connectivity index (χ0n) is 17.4. The summed E-state index contributed by atoms with van der Waals surface area (Å²) in [6, 6.07) is 0. The maximum absolute atomic E-state index is 6.43. The van der Waals surface area contributed by atoms with Gasteiger partial charge in [0, 0.05) is 17.2 Å². The molecule has 0 aromatic rings. The minimum atomic E-state index is -0.00361. The van der Waals surface area contributed by atoms with Crippen molar-refractivity contribution in [2.24, 2.45) is 4.99 Å². The highest BCUT2D eigenvalue weighted by Crippen LogP contribution is 2.23. The van der Waals surface area contributed by atoms with E-state index >= 15 is 0 Å². The van der Waals surface area contributed by atoms with E-state index in [9.17, 15) is 0 Å². The Morgan fingerprint density at radius 1 is 0.846 bits per heavy atom. The number of aliphatic imine (C=N–C) groups is 1. The van der Waals surface area contributed by atoms with Crippen LogP contribution in [0.25, 0.3) is 0 Å². The Labute approximate surface area is 172 Å². The summed E-state index contributed by atoms with van der Waals surface area (Å²) in [5.41, 5.74) is -0.00361. The van der Waals surface area contributed by atoms with Gasteiger partial charge in [-0.05, 0) is 33.1 Å². The Hall–Kier alpha value is 0.0500. The predicted molar refractivity (Wildman–Crippen MR) is 117 cm³/mol. The molecule has 26 heavy (non-hydrogen) atoms. The van der Waals surface area contributed by atoms with Gasteiger partial charge in [0.25, 0.3) is 0 Å². The third-order valence-electron chi connectivity index (χ3n) is 5.12. The summed E-state index contributed by atoms with van der Waals surface area (Å²) >= 11 is 12.8. The summed E-state index contributed by atoms with van der Waals surface area (Å²) in [7, 11) is 0. The van der Waals surface area contributed by atoms with Gasteiger partial charge in [-0.25, -0.2) is 4.99 Å². The van der Waals surface area contributed by atoms with Crippen molar-refractivity contribution in [1.29, 1.82) is 0 Å². The first-order valence-corrected chi connectivity index (χ1v) is 11.8. The van der Waals surface area contributed by atoms with Gasteiger partial charge >= 0.3 is 0 Å². The molecular formula is C22H41Cl2NO. The molecular weight excluding hydrogens is 365 g/mol. The van der Waals surface area contributed by atoms with Gasteiger partial charge in [0.1, 0.15) is 6.61 Å². The van der Waals surface area contributed by atoms with Crippen LogP contribution in [0.3, 0.4) is 0 Å². The second kappa shape index (κ2) is 14.1. The number of hydrogen-bond donors (Lipinski definition) is 0. The highest BCUT2D eigenvalue weighted by molar-refractivity contribution is 6.29. The molecule has 0 fully saturated rings. The first-order chi connectivity index (χ1) is 12.4. The number of nitrogens with zero attached hydrogens (tertiary/aromatic N) is 1. The molecule has 1 aliphatic heterocycles. The second-order valence-electron chi connectivity index (χ2n) is 8.50. The number of ether oxygens (including phenoxy) is 1. The van der Waals surface area contributed by atoms with Crippen LogP contribution >= 0.6 is 23.2 Å². The topological polar surface area (TPSA) is 21.6 Å². The summed E-state index contributed by atoms with van der Waals surface area (Å²) in [6.07, 6.45) is 17.2. The van der Waals surface area contributed by atoms with E-state index in [0.717, 1.165) is 31.8 Å². The van der Waals surface area contributed by atoms with Gasteiger partial charge in [0.2, 0.25) is 0 Å². The fraction of sp³-hybridized carbons (Fsp3) is 0.955. The summed E-state index contributed by atoms with van der Waals surface area (Å²) in [4.78, 5) is 4.61. The molecule has 0 radical (unpaired) electrons. The van der Waals surface area contributed by atoms with Crippen molar-refractivity contribution in [1.82, 2.24) is 0 Å². The molecule has 0 aromatic carbocycles. The first kappa shape index (κ1) is 24.1. The lowest BCUT2D eigenvalue weighted by molar-refractivity contribution is 0.273. The van der Waals surface area contributed by atoms with Crippen LogP contribution < -0.4 is 0 Å². The van der Waals surface area contributed by atoms with E-state index in [4.69, 9.17) is 27.9 Å². The van der Waals surface area contributed by atoms with Gasteiger partial charge in [-0.3, -0.25) is 0 Å². The number of hydrogen-bond acceptors (Lipinski definition) is 2. The van der Waals surface area contributed by atoms with Gasteiger partial charge < -0.3 is 4.74 Å². The van der Waals surface area contributed by atoms with Crippen LogP contribution in [-0.2, 0) is 4.74 Å². The zero-order valence-corrected chi connectivity index (χ0v) is 18.9. The molecule has 0 spiro atoms. The maximum Gasteiger partial charge on any atom is 0.183 e. The Bertz CT molecular complexity index is 384. The van der Waals surface area contributed by atoms with Crippen LogP contribution in [0.5, 0.6) is 0 Å². The summed E-state index contributed by atoms with van der Waals surface area (Å²) in [5, 5.41) is 0.307. The monoisotopic (exact) mass is 405 g/mol. The summed E-state index contributed by atoms with van der Waals surface area (Å²) in [6.45, 7) is 7.23. The average molecular weight is 406 g/mol. The van der Waals surface area contributed by atoms with Crippen molar-refractivity contribution in [3.05, 3.63) is 0 Å². The molecule has 0 amide bonds. The van der Waals surface area contributed by atoms with Crippen LogP contribution in [0, 0.1) is 0 Å². The molecule has 2 atom stereocenters. The predicted octanol–water partition coefficient (Wildman–Crippen LogP) is 7.89. The van der Waals surface area contributed by atoms with E-state index in [1.807, 2.05) is 0 Å². The average Bonchev–Trinajstić information content (AvgIpc) is 2.95. The van der Waals surface area contributed by atoms with Crippen LogP contribution in [0.2, 0.25) is 0 Å². The second-order valence-corrected chi connectivity index (χ2v) is 9.62. The largest absolute Gasteiger partial charge is 0.478 e. The third kappa shape index (κ3) is 11.7. The minimum absolute atomic E-state index is 0.00361. The Balaban J connectivity index is 1.86. The van der Waals surface area contributed by atoms with Crippen LogP contribution in [0.1, 0.15) is 111 Å². The molecule has 0 saturated carbocycles. The standard InChI is InChI=1S/C22H41Cl2NO/c1-4-5-12-15-19(23)20(24)16-13-10-8-6-7-9-11-14-17-21-25-22(2,3)18-26-21/h19-20H,4-18H2,1-3H3. The van der Waals surface area contributed by atoms with Crippen molar-refractivity contribution < 1.29 is 4.74 Å². The number of halogens is 2. The molecule has 1 heterocycles. The molecule has 0 aromatic heterocycles. The van der Waals surface area contributed by atoms with Crippen molar-refractivity contribution in [2.75, 3.05) is 6.61 Å². The normalized spacial score (nSPS) is 18.4. The van der Waals surface area contributed by atoms with Gasteiger partial charge in [0.05, 0.1) is 5.54 Å². The Morgan fingerprint density at radius 2 is 1.35 bits per heavy atom. The number of rotatable bonds is 16. The molecule has 0 aliphatic carbocycles. The third-order valence-corrected chi connectivity index (χ3v) is 6.29. The lowest BCUT2D eigenvalue weighted by Crippen LogP contribution is -2.17. The van der Waals surface area contributed by atoms with Crippen LogP contribution in [-0.4, -0.2) is 28.8 Å². The number of unbranched alkanes of at least 4 members (excludes halogenated alkanes) is 9. The van der Waals surface area contributed by atoms with E-state index in [1.54, 1.807) is 0 Å². The van der Waals surface area contributed by atoms with Gasteiger partial charge in [0.15, 0.2) is 5.90 Å². The molecule has 1 aliphatic rings. The zero-order chi connectivity index (χ0) is 19.3. The van der Waals surface area contributed by atoms with Gasteiger partial charge in [-0.2, -0.15) is 0 Å². The highest BCUT2D eigenvalue weighted by Gasteiger charge is 2.25. The first-order valence-electron chi connectivity index (χ1n) is 10.9. The molecule has 4 heteroatoms. The van der Waals surface area contributed by atoms with Crippen molar-refractivity contribution in [3.63, 3.8) is 0 Å². The van der Waals surface area contributed by atoms with Crippen LogP contribution in [0.4, 0.5) is 0 Å². The minimum Gasteiger partial charge on any atom is -0.478 e. The molecule has 0 saturated heterocycles. The molecule has 0 N–H and O–H groups in total. The van der Waals surface area contributed by atoms with Crippen LogP contribution in [0.15, 0.2) is 4.99 Å². The number of alkyl halides is 2. The van der Waals surface area contributed by atoms with E-state index in [2.05, 4.69) is 25.8 Å². The van der Waals surface area contributed by atoms with E-state index in [-0.39, 0.29) is 16.3 Å². The van der Waals surface area contributed by atoms with Gasteiger partial charge in [-0.15, -0.1) is 23.2 Å². The molecule has 2 nitrogen and oxygen atoms in total. The fourth-order valence-corrected chi connectivity index (χ4v) is 3.98. The highest BCUT2D eigenvalue weighted by atomic mass is 35.5. The van der Waals surface area contributed by atoms with Crippen molar-refractivity contribution >= 4 is 29.1 Å². The van der Waals surface area contributed by atoms with E-state index < -0.39 is 0 Å².